The van der Waals surface area contributed by atoms with Gasteiger partial charge >= 0.3 is 0 Å². The monoisotopic (exact) mass is 409 g/mol. The van der Waals surface area contributed by atoms with Crippen LogP contribution in [0.5, 0.6) is 11.5 Å². The Morgan fingerprint density at radius 3 is 2.41 bits per heavy atom. The van der Waals surface area contributed by atoms with E-state index in [2.05, 4.69) is 39.0 Å². The first kappa shape index (κ1) is 19.8. The molecule has 1 fully saturated rings. The molecule has 0 atom stereocenters. The molecular weight excluding hydrogens is 382 g/mol. The normalized spacial score (nSPS) is 14.7. The molecule has 0 spiro atoms. The first-order chi connectivity index (χ1) is 14.4. The molecule has 6 heteroatoms. The second kappa shape index (κ2) is 9.83. The lowest BCUT2D eigenvalue weighted by Gasteiger charge is -2.22. The molecule has 1 aromatic heterocycles. The first-order valence-electron chi connectivity index (χ1n) is 10.3. The summed E-state index contributed by atoms with van der Waals surface area (Å²) >= 11 is 1.68. The molecule has 1 saturated carbocycles. The summed E-state index contributed by atoms with van der Waals surface area (Å²) in [6.07, 6.45) is 6.29. The number of thioether (sulfide) groups is 1. The minimum Gasteiger partial charge on any atom is -0.493 e. The van der Waals surface area contributed by atoms with Gasteiger partial charge in [0, 0.05) is 17.4 Å². The van der Waals surface area contributed by atoms with Gasteiger partial charge in [-0.05, 0) is 37.1 Å². The van der Waals surface area contributed by atoms with Crippen LogP contribution in [-0.4, -0.2) is 34.2 Å². The van der Waals surface area contributed by atoms with Gasteiger partial charge in [-0.1, -0.05) is 61.4 Å². The van der Waals surface area contributed by atoms with Crippen LogP contribution in [0.3, 0.4) is 0 Å². The van der Waals surface area contributed by atoms with Gasteiger partial charge in [-0.25, -0.2) is 0 Å². The lowest BCUT2D eigenvalue weighted by Crippen LogP contribution is -2.12. The summed E-state index contributed by atoms with van der Waals surface area (Å²) in [6, 6.07) is 18.2. The van der Waals surface area contributed by atoms with E-state index < -0.39 is 0 Å². The number of benzene rings is 2. The summed E-state index contributed by atoms with van der Waals surface area (Å²) in [5.74, 6) is 3.90. The predicted molar refractivity (Wildman–Crippen MR) is 116 cm³/mol. The summed E-state index contributed by atoms with van der Waals surface area (Å²) in [4.78, 5) is 0. The van der Waals surface area contributed by atoms with E-state index in [1.807, 2.05) is 30.3 Å². The molecule has 0 radical (unpaired) electrons. The van der Waals surface area contributed by atoms with Gasteiger partial charge in [0.25, 0.3) is 0 Å². The lowest BCUT2D eigenvalue weighted by molar-refractivity contribution is 0.313. The molecule has 0 amide bonds. The number of ether oxygens (including phenoxy) is 2. The highest BCUT2D eigenvalue weighted by atomic mass is 32.2. The number of hydrogen-bond acceptors (Lipinski definition) is 5. The highest BCUT2D eigenvalue weighted by Crippen LogP contribution is 2.35. The van der Waals surface area contributed by atoms with E-state index in [9.17, 15) is 0 Å². The van der Waals surface area contributed by atoms with Gasteiger partial charge in [0.2, 0.25) is 0 Å². The van der Waals surface area contributed by atoms with Crippen molar-refractivity contribution in [2.75, 3.05) is 19.5 Å². The van der Waals surface area contributed by atoms with E-state index in [4.69, 9.17) is 9.47 Å². The maximum Gasteiger partial charge on any atom is 0.195 e. The Balaban J connectivity index is 1.47. The summed E-state index contributed by atoms with van der Waals surface area (Å²) in [5.41, 5.74) is 1.13. The predicted octanol–water partition coefficient (Wildman–Crippen LogP) is 5.49. The van der Waals surface area contributed by atoms with Gasteiger partial charge in [0.15, 0.2) is 16.7 Å². The fraction of sp³-hybridized carbons (Fsp3) is 0.391. The SMILES string of the molecule is COc1ccccc1OCCSc1nnc(C2CCCCC2)n1-c1ccccc1. The van der Waals surface area contributed by atoms with Crippen LogP contribution in [0.1, 0.15) is 43.8 Å². The van der Waals surface area contributed by atoms with Crippen LogP contribution < -0.4 is 9.47 Å². The van der Waals surface area contributed by atoms with Crippen molar-refractivity contribution in [1.29, 1.82) is 0 Å². The van der Waals surface area contributed by atoms with Gasteiger partial charge in [-0.15, -0.1) is 10.2 Å². The Morgan fingerprint density at radius 2 is 1.66 bits per heavy atom. The highest BCUT2D eigenvalue weighted by molar-refractivity contribution is 7.99. The van der Waals surface area contributed by atoms with Crippen LogP contribution in [0.2, 0.25) is 0 Å². The number of para-hydroxylation sites is 3. The third-order valence-corrected chi connectivity index (χ3v) is 6.18. The molecule has 4 rings (SSSR count). The number of nitrogens with zero attached hydrogens (tertiary/aromatic N) is 3. The van der Waals surface area contributed by atoms with Crippen LogP contribution in [0.4, 0.5) is 0 Å². The quantitative estimate of drug-likeness (QED) is 0.363. The van der Waals surface area contributed by atoms with Crippen LogP contribution in [0, 0.1) is 0 Å². The molecule has 1 heterocycles. The van der Waals surface area contributed by atoms with Crippen molar-refractivity contribution in [3.8, 4) is 17.2 Å². The zero-order valence-corrected chi connectivity index (χ0v) is 17.6. The molecular formula is C23H27N3O2S. The maximum absolute atomic E-state index is 5.92. The number of methoxy groups -OCH3 is 1. The van der Waals surface area contributed by atoms with E-state index in [1.165, 1.54) is 32.1 Å². The van der Waals surface area contributed by atoms with E-state index in [1.54, 1.807) is 18.9 Å². The van der Waals surface area contributed by atoms with Gasteiger partial charge < -0.3 is 9.47 Å². The summed E-state index contributed by atoms with van der Waals surface area (Å²) < 4.78 is 13.5. The van der Waals surface area contributed by atoms with Gasteiger partial charge in [-0.3, -0.25) is 4.57 Å². The van der Waals surface area contributed by atoms with Crippen molar-refractivity contribution >= 4 is 11.8 Å². The van der Waals surface area contributed by atoms with Crippen molar-refractivity contribution in [3.05, 3.63) is 60.4 Å². The minimum atomic E-state index is 0.496. The Hall–Kier alpha value is -2.47. The van der Waals surface area contributed by atoms with Gasteiger partial charge in [-0.2, -0.15) is 0 Å². The number of aromatic nitrogens is 3. The topological polar surface area (TPSA) is 49.2 Å². The van der Waals surface area contributed by atoms with E-state index in [-0.39, 0.29) is 0 Å². The first-order valence-corrected chi connectivity index (χ1v) is 11.2. The van der Waals surface area contributed by atoms with Crippen molar-refractivity contribution in [3.63, 3.8) is 0 Å². The summed E-state index contributed by atoms with van der Waals surface area (Å²) in [7, 11) is 1.66. The molecule has 29 heavy (non-hydrogen) atoms. The Labute approximate surface area is 176 Å². The molecule has 0 N–H and O–H groups in total. The smallest absolute Gasteiger partial charge is 0.195 e. The highest BCUT2D eigenvalue weighted by Gasteiger charge is 2.24. The standard InChI is InChI=1S/C23H27N3O2S/c1-27-20-14-8-9-15-21(20)28-16-17-29-23-25-24-22(18-10-4-2-5-11-18)26(23)19-12-6-3-7-13-19/h3,6-9,12-15,18H,2,4-5,10-11,16-17H2,1H3. The third kappa shape index (κ3) is 4.75. The third-order valence-electron chi connectivity index (χ3n) is 5.28. The average molecular weight is 410 g/mol. The number of rotatable bonds is 8. The Morgan fingerprint density at radius 1 is 0.931 bits per heavy atom. The fourth-order valence-electron chi connectivity index (χ4n) is 3.84. The van der Waals surface area contributed by atoms with Crippen LogP contribution in [-0.2, 0) is 0 Å². The second-order valence-corrected chi connectivity index (χ2v) is 8.26. The van der Waals surface area contributed by atoms with Crippen molar-refractivity contribution in [2.45, 2.75) is 43.2 Å². The molecule has 0 bridgehead atoms. The molecule has 1 aliphatic carbocycles. The zero-order valence-electron chi connectivity index (χ0n) is 16.8. The molecule has 3 aromatic rings. The van der Waals surface area contributed by atoms with Crippen molar-refractivity contribution in [2.24, 2.45) is 0 Å². The van der Waals surface area contributed by atoms with Crippen LogP contribution in [0.15, 0.2) is 59.8 Å². The summed E-state index contributed by atoms with van der Waals surface area (Å²) in [6.45, 7) is 0.575. The van der Waals surface area contributed by atoms with Crippen LogP contribution >= 0.6 is 11.8 Å². The molecule has 5 nitrogen and oxygen atoms in total. The zero-order chi connectivity index (χ0) is 19.9. The lowest BCUT2D eigenvalue weighted by atomic mass is 9.88. The summed E-state index contributed by atoms with van der Waals surface area (Å²) in [5, 5.41) is 10.1. The molecule has 0 aliphatic heterocycles. The fourth-order valence-corrected chi connectivity index (χ4v) is 4.62. The van der Waals surface area contributed by atoms with E-state index >= 15 is 0 Å². The Bertz CT molecular complexity index is 907. The molecule has 0 unspecified atom stereocenters. The Kier molecular flexibility index (Phi) is 6.72. The molecule has 2 aromatic carbocycles. The molecule has 152 valence electrons. The number of hydrogen-bond donors (Lipinski definition) is 0. The van der Waals surface area contributed by atoms with Gasteiger partial charge in [0.05, 0.1) is 13.7 Å². The van der Waals surface area contributed by atoms with E-state index in [0.29, 0.717) is 12.5 Å². The van der Waals surface area contributed by atoms with Crippen molar-refractivity contribution < 1.29 is 9.47 Å². The minimum absolute atomic E-state index is 0.496. The average Bonchev–Trinajstić information content (AvgIpc) is 3.22. The molecule has 0 saturated heterocycles. The van der Waals surface area contributed by atoms with Crippen molar-refractivity contribution in [1.82, 2.24) is 14.8 Å². The maximum atomic E-state index is 5.92. The van der Waals surface area contributed by atoms with Gasteiger partial charge in [0.1, 0.15) is 5.82 Å². The largest absolute Gasteiger partial charge is 0.493 e. The van der Waals surface area contributed by atoms with E-state index in [0.717, 1.165) is 33.9 Å². The molecule has 1 aliphatic rings. The second-order valence-electron chi connectivity index (χ2n) is 7.19. The van der Waals surface area contributed by atoms with Crippen LogP contribution in [0.25, 0.3) is 5.69 Å².